The summed E-state index contributed by atoms with van der Waals surface area (Å²) in [6, 6.07) is 14.4. The fourth-order valence-corrected chi connectivity index (χ4v) is 2.29. The summed E-state index contributed by atoms with van der Waals surface area (Å²) in [7, 11) is 3.88. The molecule has 2 aromatic rings. The van der Waals surface area contributed by atoms with Crippen molar-refractivity contribution in [2.45, 2.75) is 13.0 Å². The highest BCUT2D eigenvalue weighted by molar-refractivity contribution is 14.0. The molecule has 0 fully saturated rings. The molecule has 0 radical (unpaired) electrons. The third-order valence-electron chi connectivity index (χ3n) is 3.62. The number of likely N-dealkylation sites (N-methyl/N-ethyl adjacent to an activating group) is 1. The van der Waals surface area contributed by atoms with E-state index in [-0.39, 0.29) is 35.8 Å². The average Bonchev–Trinajstić information content (AvgIpc) is 2.49. The maximum absolute atomic E-state index is 13.4. The molecule has 1 unspecified atom stereocenters. The number of aryl methyl sites for hydroxylation is 1. The topological polar surface area (TPSA) is 53.6 Å². The maximum Gasteiger partial charge on any atom is 0.193 e. The normalized spacial score (nSPS) is 12.6. The summed E-state index contributed by atoms with van der Waals surface area (Å²) >= 11 is 0. The molecule has 2 aromatic carbocycles. The third-order valence-corrected chi connectivity index (χ3v) is 3.62. The summed E-state index contributed by atoms with van der Waals surface area (Å²) in [6.07, 6.45) is 0. The predicted octanol–water partition coefficient (Wildman–Crippen LogP) is 3.78. The number of nitrogens with one attached hydrogen (secondary N) is 1. The van der Waals surface area contributed by atoms with Gasteiger partial charge in [0.15, 0.2) is 5.96 Å². The highest BCUT2D eigenvalue weighted by Gasteiger charge is 2.14. The van der Waals surface area contributed by atoms with Crippen molar-refractivity contribution in [2.24, 2.45) is 10.7 Å². The Bertz CT molecular complexity index is 671. The van der Waals surface area contributed by atoms with E-state index in [4.69, 9.17) is 5.73 Å². The highest BCUT2D eigenvalue weighted by Crippen LogP contribution is 2.19. The molecule has 0 saturated carbocycles. The van der Waals surface area contributed by atoms with E-state index in [2.05, 4.69) is 10.3 Å². The van der Waals surface area contributed by atoms with Crippen LogP contribution in [0.1, 0.15) is 17.2 Å². The highest BCUT2D eigenvalue weighted by atomic mass is 127. The van der Waals surface area contributed by atoms with Gasteiger partial charge in [-0.15, -0.1) is 24.0 Å². The van der Waals surface area contributed by atoms with Gasteiger partial charge in [-0.2, -0.15) is 0 Å². The first-order valence-corrected chi connectivity index (χ1v) is 7.51. The molecule has 0 aliphatic heterocycles. The smallest absolute Gasteiger partial charge is 0.193 e. The lowest BCUT2D eigenvalue weighted by Crippen LogP contribution is -2.27. The Hall–Kier alpha value is -1.67. The Morgan fingerprint density at radius 1 is 1.21 bits per heavy atom. The number of rotatable bonds is 5. The van der Waals surface area contributed by atoms with E-state index >= 15 is 0 Å². The van der Waals surface area contributed by atoms with Crippen LogP contribution in [0.25, 0.3) is 0 Å². The van der Waals surface area contributed by atoms with Gasteiger partial charge in [0.25, 0.3) is 0 Å². The Labute approximate surface area is 160 Å². The second-order valence-electron chi connectivity index (χ2n) is 5.75. The lowest BCUT2D eigenvalue weighted by atomic mass is 10.1. The number of hydrogen-bond donors (Lipinski definition) is 2. The molecule has 0 amide bonds. The number of nitrogens with zero attached hydrogens (tertiary/aromatic N) is 2. The van der Waals surface area contributed by atoms with Crippen LogP contribution in [0.5, 0.6) is 0 Å². The van der Waals surface area contributed by atoms with Crippen molar-refractivity contribution in [3.05, 3.63) is 65.5 Å². The van der Waals surface area contributed by atoms with Gasteiger partial charge in [0.2, 0.25) is 0 Å². The molecule has 24 heavy (non-hydrogen) atoms. The number of anilines is 1. The van der Waals surface area contributed by atoms with Crippen LogP contribution in [0, 0.1) is 12.7 Å². The average molecular weight is 442 g/mol. The van der Waals surface area contributed by atoms with Crippen LogP contribution in [0.15, 0.2) is 53.5 Å². The molecule has 0 spiro atoms. The molecule has 0 aromatic heterocycles. The number of halogens is 2. The van der Waals surface area contributed by atoms with Gasteiger partial charge in [-0.25, -0.2) is 4.39 Å². The summed E-state index contributed by atoms with van der Waals surface area (Å²) in [5.41, 5.74) is 8.90. The summed E-state index contributed by atoms with van der Waals surface area (Å²) < 4.78 is 13.4. The van der Waals surface area contributed by atoms with Crippen LogP contribution in [-0.2, 0) is 0 Å². The van der Waals surface area contributed by atoms with Gasteiger partial charge in [0, 0.05) is 5.69 Å². The number of nitrogens with two attached hydrogens (primary N) is 1. The minimum absolute atomic E-state index is 0. The molecule has 130 valence electrons. The van der Waals surface area contributed by atoms with Gasteiger partial charge >= 0.3 is 0 Å². The SMILES string of the molecule is Cc1ccc(NC(N)=NCC(c2cccc(F)c2)N(C)C)cc1.I. The van der Waals surface area contributed by atoms with Crippen LogP contribution in [0.3, 0.4) is 0 Å². The zero-order valence-electron chi connectivity index (χ0n) is 14.2. The standard InChI is InChI=1S/C18H23FN4.HI/c1-13-7-9-16(10-8-13)22-18(20)21-12-17(23(2)3)14-5-4-6-15(19)11-14;/h4-11,17H,12H2,1-3H3,(H3,20,21,22);1H. The fraction of sp³-hybridized carbons (Fsp3) is 0.278. The molecule has 3 N–H and O–H groups in total. The Morgan fingerprint density at radius 2 is 1.88 bits per heavy atom. The van der Waals surface area contributed by atoms with E-state index in [9.17, 15) is 4.39 Å². The summed E-state index contributed by atoms with van der Waals surface area (Å²) in [4.78, 5) is 6.39. The Kier molecular flexibility index (Phi) is 8.14. The predicted molar refractivity (Wildman–Crippen MR) is 110 cm³/mol. The fourth-order valence-electron chi connectivity index (χ4n) is 2.29. The Morgan fingerprint density at radius 3 is 2.46 bits per heavy atom. The molecule has 0 heterocycles. The molecular formula is C18H24FIN4. The first-order valence-electron chi connectivity index (χ1n) is 7.51. The van der Waals surface area contributed by atoms with Crippen molar-refractivity contribution in [3.8, 4) is 0 Å². The molecule has 0 bridgehead atoms. The minimum Gasteiger partial charge on any atom is -0.370 e. The maximum atomic E-state index is 13.4. The molecular weight excluding hydrogens is 418 g/mol. The monoisotopic (exact) mass is 442 g/mol. The molecule has 0 saturated heterocycles. The van der Waals surface area contributed by atoms with Crippen LogP contribution < -0.4 is 11.1 Å². The van der Waals surface area contributed by atoms with Crippen LogP contribution in [0.4, 0.5) is 10.1 Å². The van der Waals surface area contributed by atoms with Crippen LogP contribution >= 0.6 is 24.0 Å². The van der Waals surface area contributed by atoms with Crippen molar-refractivity contribution in [1.82, 2.24) is 4.90 Å². The van der Waals surface area contributed by atoms with E-state index in [0.717, 1.165) is 11.3 Å². The van der Waals surface area contributed by atoms with E-state index in [1.807, 2.05) is 56.3 Å². The van der Waals surface area contributed by atoms with Gasteiger partial charge in [-0.3, -0.25) is 4.99 Å². The van der Waals surface area contributed by atoms with Crippen molar-refractivity contribution in [2.75, 3.05) is 26.0 Å². The summed E-state index contributed by atoms with van der Waals surface area (Å²) in [5.74, 6) is 0.0983. The quantitative estimate of drug-likeness (QED) is 0.421. The Balaban J connectivity index is 0.00000288. The van der Waals surface area contributed by atoms with Gasteiger partial charge in [-0.05, 0) is 50.8 Å². The van der Waals surface area contributed by atoms with Crippen molar-refractivity contribution >= 4 is 35.6 Å². The number of aliphatic imine (C=N–C) groups is 1. The molecule has 1 atom stereocenters. The zero-order valence-corrected chi connectivity index (χ0v) is 16.5. The van der Waals surface area contributed by atoms with Gasteiger partial charge in [0.05, 0.1) is 12.6 Å². The van der Waals surface area contributed by atoms with Crippen molar-refractivity contribution < 1.29 is 4.39 Å². The van der Waals surface area contributed by atoms with Crippen molar-refractivity contribution in [3.63, 3.8) is 0 Å². The van der Waals surface area contributed by atoms with Crippen LogP contribution in [-0.4, -0.2) is 31.5 Å². The second-order valence-corrected chi connectivity index (χ2v) is 5.75. The molecule has 6 heteroatoms. The second kappa shape index (κ2) is 9.58. The molecule has 4 nitrogen and oxygen atoms in total. The first-order chi connectivity index (χ1) is 11.0. The van der Waals surface area contributed by atoms with E-state index in [0.29, 0.717) is 12.5 Å². The van der Waals surface area contributed by atoms with Crippen LogP contribution in [0.2, 0.25) is 0 Å². The van der Waals surface area contributed by atoms with E-state index in [1.54, 1.807) is 6.07 Å². The van der Waals surface area contributed by atoms with Gasteiger partial charge < -0.3 is 16.0 Å². The largest absolute Gasteiger partial charge is 0.370 e. The number of benzene rings is 2. The van der Waals surface area contributed by atoms with E-state index < -0.39 is 0 Å². The zero-order chi connectivity index (χ0) is 16.8. The lowest BCUT2D eigenvalue weighted by Gasteiger charge is -2.23. The lowest BCUT2D eigenvalue weighted by molar-refractivity contribution is 0.306. The van der Waals surface area contributed by atoms with Gasteiger partial charge in [-0.1, -0.05) is 29.8 Å². The molecule has 0 aliphatic rings. The summed E-state index contributed by atoms with van der Waals surface area (Å²) in [6.45, 7) is 2.48. The minimum atomic E-state index is -0.246. The van der Waals surface area contributed by atoms with E-state index in [1.165, 1.54) is 17.7 Å². The number of guanidine groups is 1. The molecule has 2 rings (SSSR count). The third kappa shape index (κ3) is 6.09. The molecule has 0 aliphatic carbocycles. The number of hydrogen-bond acceptors (Lipinski definition) is 2. The first kappa shape index (κ1) is 20.4. The summed E-state index contributed by atoms with van der Waals surface area (Å²) in [5, 5.41) is 3.06. The van der Waals surface area contributed by atoms with Gasteiger partial charge in [0.1, 0.15) is 5.82 Å². The van der Waals surface area contributed by atoms with Crippen molar-refractivity contribution in [1.29, 1.82) is 0 Å².